The smallest absolute Gasteiger partial charge is 0.214 e. The molecule has 0 aliphatic carbocycles. The van der Waals surface area contributed by atoms with Gasteiger partial charge in [0.05, 0.1) is 24.5 Å². The van der Waals surface area contributed by atoms with Crippen molar-refractivity contribution in [1.29, 1.82) is 0 Å². The quantitative estimate of drug-likeness (QED) is 0.450. The molecule has 2 aromatic heterocycles. The van der Waals surface area contributed by atoms with Crippen LogP contribution >= 0.6 is 0 Å². The molecule has 2 heterocycles. The summed E-state index contributed by atoms with van der Waals surface area (Å²) in [6.45, 7) is 1.26. The number of para-hydroxylation sites is 2. The number of carbonyl (C=O) groups excluding carboxylic acids is 1. The number of hydrogen-bond donors (Lipinski definition) is 1. The van der Waals surface area contributed by atoms with E-state index in [1.54, 1.807) is 11.1 Å². The molecule has 0 fully saturated rings. The lowest BCUT2D eigenvalue weighted by Gasteiger charge is -2.16. The van der Waals surface area contributed by atoms with E-state index in [9.17, 15) is 4.79 Å². The number of hydrogen-bond acceptors (Lipinski definition) is 4. The predicted octanol–water partition coefficient (Wildman–Crippen LogP) is 4.94. The Kier molecular flexibility index (Phi) is 8.13. The number of anilines is 2. The minimum absolute atomic E-state index is 0.494. The summed E-state index contributed by atoms with van der Waals surface area (Å²) in [4.78, 5) is 21.1. The van der Waals surface area contributed by atoms with E-state index in [0.29, 0.717) is 6.54 Å². The largest absolute Gasteiger partial charge is 0.379 e. The second-order valence-electron chi connectivity index (χ2n) is 6.43. The molecule has 4 rings (SSSR count). The van der Waals surface area contributed by atoms with Gasteiger partial charge in [0.25, 0.3) is 0 Å². The molecule has 0 radical (unpaired) electrons. The Hall–Kier alpha value is -3.99. The summed E-state index contributed by atoms with van der Waals surface area (Å²) in [6, 6.07) is 31.3. The summed E-state index contributed by atoms with van der Waals surface area (Å²) in [7, 11) is 0. The molecule has 150 valence electrons. The maximum atomic E-state index is 11.0. The molecule has 0 atom stereocenters. The molecule has 5 nitrogen and oxygen atoms in total. The van der Waals surface area contributed by atoms with Crippen molar-refractivity contribution >= 4 is 17.8 Å². The zero-order chi connectivity index (χ0) is 20.9. The Morgan fingerprint density at radius 1 is 0.700 bits per heavy atom. The number of carbonyl (C=O) groups is 1. The second kappa shape index (κ2) is 11.8. The highest BCUT2D eigenvalue weighted by Gasteiger charge is 2.05. The Bertz CT molecular complexity index is 941. The van der Waals surface area contributed by atoms with E-state index in [-0.39, 0.29) is 0 Å². The van der Waals surface area contributed by atoms with Crippen LogP contribution in [0.2, 0.25) is 0 Å². The van der Waals surface area contributed by atoms with Gasteiger partial charge in [0.2, 0.25) is 6.41 Å². The minimum atomic E-state index is 0.494. The van der Waals surface area contributed by atoms with Crippen LogP contribution in [0.3, 0.4) is 0 Å². The average Bonchev–Trinajstić information content (AvgIpc) is 2.84. The Morgan fingerprint density at radius 3 is 1.83 bits per heavy atom. The molecule has 1 amide bonds. The first kappa shape index (κ1) is 20.7. The molecular formula is C25H24N4O. The summed E-state index contributed by atoms with van der Waals surface area (Å²) >= 11 is 0. The topological polar surface area (TPSA) is 58.1 Å². The maximum absolute atomic E-state index is 11.0. The first-order valence-corrected chi connectivity index (χ1v) is 9.71. The monoisotopic (exact) mass is 396 g/mol. The molecule has 30 heavy (non-hydrogen) atoms. The van der Waals surface area contributed by atoms with Gasteiger partial charge in [0.1, 0.15) is 0 Å². The van der Waals surface area contributed by atoms with Crippen LogP contribution in [-0.4, -0.2) is 16.4 Å². The van der Waals surface area contributed by atoms with Gasteiger partial charge in [-0.1, -0.05) is 48.5 Å². The highest BCUT2D eigenvalue weighted by molar-refractivity contribution is 5.74. The summed E-state index contributed by atoms with van der Waals surface area (Å²) < 4.78 is 0. The van der Waals surface area contributed by atoms with Gasteiger partial charge in [0.15, 0.2) is 0 Å². The molecule has 0 unspecified atom stereocenters. The third-order valence-corrected chi connectivity index (χ3v) is 4.25. The van der Waals surface area contributed by atoms with Gasteiger partial charge in [-0.2, -0.15) is 0 Å². The zero-order valence-corrected chi connectivity index (χ0v) is 16.6. The fourth-order valence-electron chi connectivity index (χ4n) is 2.73. The normalized spacial score (nSPS) is 9.73. The molecular weight excluding hydrogens is 372 g/mol. The lowest BCUT2D eigenvalue weighted by atomic mass is 10.2. The van der Waals surface area contributed by atoms with Gasteiger partial charge in [-0.25, -0.2) is 0 Å². The van der Waals surface area contributed by atoms with Gasteiger partial charge in [-0.15, -0.1) is 0 Å². The molecule has 0 saturated carbocycles. The van der Waals surface area contributed by atoms with Crippen molar-refractivity contribution in [3.05, 3.63) is 121 Å². The average molecular weight is 396 g/mol. The van der Waals surface area contributed by atoms with Crippen molar-refractivity contribution in [2.45, 2.75) is 13.1 Å². The number of rotatable bonds is 7. The predicted molar refractivity (Wildman–Crippen MR) is 121 cm³/mol. The van der Waals surface area contributed by atoms with Crippen molar-refractivity contribution in [2.75, 3.05) is 10.2 Å². The molecule has 2 aromatic carbocycles. The van der Waals surface area contributed by atoms with Crippen LogP contribution < -0.4 is 10.2 Å². The number of nitrogens with one attached hydrogen (secondary N) is 1. The molecule has 0 aliphatic heterocycles. The molecule has 0 bridgehead atoms. The van der Waals surface area contributed by atoms with E-state index in [4.69, 9.17) is 0 Å². The summed E-state index contributed by atoms with van der Waals surface area (Å²) in [5.41, 5.74) is 3.93. The minimum Gasteiger partial charge on any atom is -0.379 e. The van der Waals surface area contributed by atoms with Crippen LogP contribution in [0.25, 0.3) is 0 Å². The SMILES string of the molecule is O=CN(Cc1ccccn1)c1ccccc1.c1ccc(NCc2ccccn2)cc1. The summed E-state index contributed by atoms with van der Waals surface area (Å²) in [6.07, 6.45) is 4.36. The Labute approximate surface area is 177 Å². The van der Waals surface area contributed by atoms with Gasteiger partial charge in [0, 0.05) is 23.8 Å². The van der Waals surface area contributed by atoms with Gasteiger partial charge < -0.3 is 10.2 Å². The van der Waals surface area contributed by atoms with Crippen molar-refractivity contribution in [1.82, 2.24) is 9.97 Å². The van der Waals surface area contributed by atoms with Crippen molar-refractivity contribution in [3.8, 4) is 0 Å². The Balaban J connectivity index is 0.000000172. The molecule has 4 aromatic rings. The highest BCUT2D eigenvalue weighted by atomic mass is 16.1. The lowest BCUT2D eigenvalue weighted by Crippen LogP contribution is -2.20. The van der Waals surface area contributed by atoms with E-state index in [1.165, 1.54) is 0 Å². The van der Waals surface area contributed by atoms with Gasteiger partial charge in [-0.05, 0) is 48.5 Å². The number of benzene rings is 2. The molecule has 0 saturated heterocycles. The van der Waals surface area contributed by atoms with E-state index in [2.05, 4.69) is 15.3 Å². The fraction of sp³-hybridized carbons (Fsp3) is 0.0800. The zero-order valence-electron chi connectivity index (χ0n) is 16.6. The van der Waals surface area contributed by atoms with E-state index >= 15 is 0 Å². The van der Waals surface area contributed by atoms with Crippen molar-refractivity contribution < 1.29 is 4.79 Å². The van der Waals surface area contributed by atoms with Crippen LogP contribution in [0.5, 0.6) is 0 Å². The first-order valence-electron chi connectivity index (χ1n) is 9.71. The van der Waals surface area contributed by atoms with Gasteiger partial charge in [-0.3, -0.25) is 14.8 Å². The summed E-state index contributed by atoms with van der Waals surface area (Å²) in [5.74, 6) is 0. The summed E-state index contributed by atoms with van der Waals surface area (Å²) in [5, 5.41) is 3.30. The van der Waals surface area contributed by atoms with E-state index in [1.807, 2.05) is 103 Å². The van der Waals surface area contributed by atoms with E-state index in [0.717, 1.165) is 35.7 Å². The third kappa shape index (κ3) is 6.87. The Morgan fingerprint density at radius 2 is 1.27 bits per heavy atom. The van der Waals surface area contributed by atoms with Crippen molar-refractivity contribution in [2.24, 2.45) is 0 Å². The molecule has 1 N–H and O–H groups in total. The van der Waals surface area contributed by atoms with Crippen LogP contribution in [0, 0.1) is 0 Å². The molecule has 0 aliphatic rings. The lowest BCUT2D eigenvalue weighted by molar-refractivity contribution is -0.107. The number of amides is 1. The third-order valence-electron chi connectivity index (χ3n) is 4.25. The van der Waals surface area contributed by atoms with Crippen LogP contribution in [-0.2, 0) is 17.9 Å². The maximum Gasteiger partial charge on any atom is 0.214 e. The van der Waals surface area contributed by atoms with Crippen LogP contribution in [0.1, 0.15) is 11.4 Å². The number of pyridine rings is 2. The van der Waals surface area contributed by atoms with Gasteiger partial charge >= 0.3 is 0 Å². The number of aromatic nitrogens is 2. The van der Waals surface area contributed by atoms with Crippen molar-refractivity contribution in [3.63, 3.8) is 0 Å². The second-order valence-corrected chi connectivity index (χ2v) is 6.43. The van der Waals surface area contributed by atoms with Crippen LogP contribution in [0.15, 0.2) is 109 Å². The molecule has 0 spiro atoms. The van der Waals surface area contributed by atoms with E-state index < -0.39 is 0 Å². The first-order chi connectivity index (χ1) is 14.8. The fourth-order valence-corrected chi connectivity index (χ4v) is 2.73. The number of nitrogens with zero attached hydrogens (tertiary/aromatic N) is 3. The standard InChI is InChI=1S/C13H12N2O.C12H12N2/c16-11-15(13-7-2-1-3-8-13)10-12-6-4-5-9-14-12;1-2-6-11(7-3-1)14-10-12-8-4-5-9-13-12/h1-9,11H,10H2;1-9,14H,10H2. The highest BCUT2D eigenvalue weighted by Crippen LogP contribution is 2.13. The molecule has 5 heteroatoms. The van der Waals surface area contributed by atoms with Crippen LogP contribution in [0.4, 0.5) is 11.4 Å².